The summed E-state index contributed by atoms with van der Waals surface area (Å²) in [7, 11) is 0. The van der Waals surface area contributed by atoms with Crippen molar-refractivity contribution in [2.45, 2.75) is 56.1 Å². The van der Waals surface area contributed by atoms with Gasteiger partial charge in [0.25, 0.3) is 5.91 Å². The van der Waals surface area contributed by atoms with Crippen LogP contribution in [0.2, 0.25) is 0 Å². The number of hydrogen-bond donors (Lipinski definition) is 5. The molecule has 4 amide bonds. The van der Waals surface area contributed by atoms with Crippen LogP contribution >= 0.6 is 11.8 Å². The number of urea groups is 1. The molecule has 3 aliphatic heterocycles. The summed E-state index contributed by atoms with van der Waals surface area (Å²) in [4.78, 5) is 41.1. The number of aryl methyl sites for hydroxylation is 1. The molecule has 210 valence electrons. The zero-order chi connectivity index (χ0) is 27.8. The van der Waals surface area contributed by atoms with Gasteiger partial charge in [0.2, 0.25) is 5.91 Å². The van der Waals surface area contributed by atoms with Crippen molar-refractivity contribution >= 4 is 35.3 Å². The molecule has 10 nitrogen and oxygen atoms in total. The third-order valence-electron chi connectivity index (χ3n) is 8.07. The van der Waals surface area contributed by atoms with E-state index < -0.39 is 0 Å². The number of anilines is 1. The van der Waals surface area contributed by atoms with Crippen LogP contribution < -0.4 is 36.6 Å². The summed E-state index contributed by atoms with van der Waals surface area (Å²) < 4.78 is 5.99. The predicted molar refractivity (Wildman–Crippen MR) is 154 cm³/mol. The van der Waals surface area contributed by atoms with E-state index >= 15 is 0 Å². The van der Waals surface area contributed by atoms with Crippen LogP contribution in [0.25, 0.3) is 0 Å². The van der Waals surface area contributed by atoms with E-state index in [2.05, 4.69) is 21.3 Å². The van der Waals surface area contributed by atoms with Crippen LogP contribution in [0.4, 0.5) is 10.5 Å². The summed E-state index contributed by atoms with van der Waals surface area (Å²) >= 11 is 1.49. The topological polar surface area (TPSA) is 138 Å². The molecule has 4 aliphatic rings. The van der Waals surface area contributed by atoms with Crippen molar-refractivity contribution in [2.75, 3.05) is 18.0 Å². The maximum atomic E-state index is 13.6. The van der Waals surface area contributed by atoms with E-state index in [4.69, 9.17) is 10.5 Å². The van der Waals surface area contributed by atoms with Gasteiger partial charge in [-0.2, -0.15) is 0 Å². The Morgan fingerprint density at radius 3 is 2.60 bits per heavy atom. The number of carbonyl (C=O) groups excluding carboxylic acids is 3. The quantitative estimate of drug-likeness (QED) is 0.350. The molecule has 40 heavy (non-hydrogen) atoms. The van der Waals surface area contributed by atoms with Crippen molar-refractivity contribution in [3.05, 3.63) is 64.7 Å². The third-order valence-corrected chi connectivity index (χ3v) is 9.43. The first-order valence-electron chi connectivity index (χ1n) is 13.8. The Morgan fingerprint density at radius 2 is 1.85 bits per heavy atom. The SMILES string of the molecule is Cc1cc(Oc2ccccc2)ccc1N1C(=O)NC2=C(C(=O)N[C@@H]3CC[C@@H](NC(=O)CN)C3)SC3NCCC1C23. The number of thioether (sulfide) groups is 1. The normalized spacial score (nSPS) is 27.2. The first kappa shape index (κ1) is 26.7. The number of amides is 4. The molecule has 0 aromatic heterocycles. The molecule has 2 saturated heterocycles. The molecule has 6 N–H and O–H groups in total. The number of nitrogens with one attached hydrogen (secondary N) is 4. The number of hydrogen-bond acceptors (Lipinski definition) is 7. The second kappa shape index (κ2) is 11.1. The Hall–Kier alpha value is -3.54. The summed E-state index contributed by atoms with van der Waals surface area (Å²) in [6.45, 7) is 2.70. The second-order valence-electron chi connectivity index (χ2n) is 10.7. The highest BCUT2D eigenvalue weighted by Crippen LogP contribution is 2.48. The van der Waals surface area contributed by atoms with Crippen molar-refractivity contribution in [3.8, 4) is 11.5 Å². The maximum absolute atomic E-state index is 13.6. The number of nitrogens with zero attached hydrogens (tertiary/aromatic N) is 1. The van der Waals surface area contributed by atoms with Crippen LogP contribution in [0.3, 0.4) is 0 Å². The minimum atomic E-state index is -0.227. The molecule has 6 rings (SSSR count). The number of rotatable bonds is 7. The predicted octanol–water partition coefficient (Wildman–Crippen LogP) is 2.69. The monoisotopic (exact) mass is 562 g/mol. The van der Waals surface area contributed by atoms with Crippen molar-refractivity contribution in [3.63, 3.8) is 0 Å². The van der Waals surface area contributed by atoms with Gasteiger partial charge >= 0.3 is 6.03 Å². The van der Waals surface area contributed by atoms with Gasteiger partial charge in [-0.15, -0.1) is 0 Å². The number of nitrogens with two attached hydrogens (primary N) is 1. The number of carbonyl (C=O) groups is 3. The molecule has 2 aromatic rings. The van der Waals surface area contributed by atoms with E-state index in [0.29, 0.717) is 22.8 Å². The van der Waals surface area contributed by atoms with Crippen LogP contribution in [0.15, 0.2) is 59.1 Å². The number of benzene rings is 2. The highest BCUT2D eigenvalue weighted by atomic mass is 32.2. The van der Waals surface area contributed by atoms with Gasteiger partial charge in [-0.25, -0.2) is 4.79 Å². The van der Waals surface area contributed by atoms with Crippen molar-refractivity contribution < 1.29 is 19.1 Å². The Bertz CT molecular complexity index is 1350. The van der Waals surface area contributed by atoms with Crippen molar-refractivity contribution in [2.24, 2.45) is 11.7 Å². The summed E-state index contributed by atoms with van der Waals surface area (Å²) in [5.41, 5.74) is 7.89. The highest BCUT2D eigenvalue weighted by Gasteiger charge is 2.52. The molecule has 0 bridgehead atoms. The molecule has 1 aliphatic carbocycles. The summed E-state index contributed by atoms with van der Waals surface area (Å²) in [6, 6.07) is 15.1. The number of piperidine rings is 1. The zero-order valence-corrected chi connectivity index (χ0v) is 23.1. The van der Waals surface area contributed by atoms with E-state index in [1.165, 1.54) is 11.8 Å². The molecule has 3 heterocycles. The fourth-order valence-corrected chi connectivity index (χ4v) is 7.67. The van der Waals surface area contributed by atoms with Crippen LogP contribution in [0, 0.1) is 12.8 Å². The fraction of sp³-hybridized carbons (Fsp3) is 0.414. The smallest absolute Gasteiger partial charge is 0.326 e. The van der Waals surface area contributed by atoms with Gasteiger partial charge in [-0.3, -0.25) is 14.5 Å². The van der Waals surface area contributed by atoms with E-state index in [9.17, 15) is 14.4 Å². The van der Waals surface area contributed by atoms with E-state index in [1.807, 2.05) is 60.4 Å². The zero-order valence-electron chi connectivity index (χ0n) is 22.3. The second-order valence-corrected chi connectivity index (χ2v) is 11.9. The molecular formula is C29H34N6O4S. The lowest BCUT2D eigenvalue weighted by atomic mass is 9.86. The van der Waals surface area contributed by atoms with Gasteiger partial charge < -0.3 is 31.7 Å². The average Bonchev–Trinajstić information content (AvgIpc) is 3.55. The Balaban J connectivity index is 1.19. The van der Waals surface area contributed by atoms with Gasteiger partial charge in [-0.05, 0) is 75.0 Å². The average molecular weight is 563 g/mol. The van der Waals surface area contributed by atoms with Crippen LogP contribution in [-0.2, 0) is 9.59 Å². The maximum Gasteiger partial charge on any atom is 0.326 e. The molecular weight excluding hydrogens is 528 g/mol. The van der Waals surface area contributed by atoms with Crippen molar-refractivity contribution in [1.82, 2.24) is 21.3 Å². The highest BCUT2D eigenvalue weighted by molar-refractivity contribution is 8.04. The largest absolute Gasteiger partial charge is 0.457 e. The minimum absolute atomic E-state index is 0.00115. The number of ether oxygens (including phenoxy) is 1. The molecule has 11 heteroatoms. The molecule has 3 fully saturated rings. The lowest BCUT2D eigenvalue weighted by Crippen LogP contribution is -2.62. The molecule has 0 radical (unpaired) electrons. The van der Waals surface area contributed by atoms with E-state index in [1.54, 1.807) is 0 Å². The third kappa shape index (κ3) is 5.16. The molecule has 3 unspecified atom stereocenters. The molecule has 1 saturated carbocycles. The lowest BCUT2D eigenvalue weighted by molar-refractivity contribution is -0.120. The lowest BCUT2D eigenvalue weighted by Gasteiger charge is -2.46. The molecule has 5 atom stereocenters. The van der Waals surface area contributed by atoms with E-state index in [0.717, 1.165) is 42.8 Å². The van der Waals surface area contributed by atoms with Gasteiger partial charge in [0.05, 0.1) is 22.9 Å². The van der Waals surface area contributed by atoms with E-state index in [-0.39, 0.29) is 53.8 Å². The minimum Gasteiger partial charge on any atom is -0.457 e. The molecule has 0 spiro atoms. The van der Waals surface area contributed by atoms with Gasteiger partial charge in [0.15, 0.2) is 0 Å². The number of para-hydroxylation sites is 1. The van der Waals surface area contributed by atoms with Crippen molar-refractivity contribution in [1.29, 1.82) is 0 Å². The molecule has 2 aromatic carbocycles. The first-order chi connectivity index (χ1) is 19.4. The van der Waals surface area contributed by atoms with Gasteiger partial charge in [0.1, 0.15) is 11.5 Å². The van der Waals surface area contributed by atoms with Crippen LogP contribution in [0.5, 0.6) is 11.5 Å². The Morgan fingerprint density at radius 1 is 1.07 bits per heavy atom. The van der Waals surface area contributed by atoms with Crippen LogP contribution in [-0.4, -0.2) is 54.4 Å². The Labute approximate surface area is 237 Å². The van der Waals surface area contributed by atoms with Gasteiger partial charge in [0, 0.05) is 29.4 Å². The first-order valence-corrected chi connectivity index (χ1v) is 14.7. The summed E-state index contributed by atoms with van der Waals surface area (Å²) in [5.74, 6) is 1.08. The summed E-state index contributed by atoms with van der Waals surface area (Å²) in [6.07, 6.45) is 3.03. The standard InChI is InChI=1S/C29H34N6O4S/c1-16-13-20(39-19-5-3-2-4-6-19)9-10-21(16)35-22-11-12-31-28-24(22)25(34-29(35)38)26(40-28)27(37)33-18-8-7-17(14-18)32-23(36)15-30/h2-6,9-10,13,17-18,22,24,28,31H,7-8,11-12,14-15,30H2,1H3,(H,32,36)(H,33,37)(H,34,38)/t17-,18-,22?,24?,28?/m1/s1. The Kier molecular flexibility index (Phi) is 7.43. The van der Waals surface area contributed by atoms with Gasteiger partial charge in [-0.1, -0.05) is 30.0 Å². The summed E-state index contributed by atoms with van der Waals surface area (Å²) in [5, 5.41) is 12.7. The fourth-order valence-electron chi connectivity index (χ4n) is 6.27. The van der Waals surface area contributed by atoms with Crippen LogP contribution in [0.1, 0.15) is 31.2 Å².